The second kappa shape index (κ2) is 4.88. The van der Waals surface area contributed by atoms with Gasteiger partial charge in [0.2, 0.25) is 0 Å². The summed E-state index contributed by atoms with van der Waals surface area (Å²) in [5.74, 6) is -0.721. The Morgan fingerprint density at radius 2 is 1.56 bits per heavy atom. The van der Waals surface area contributed by atoms with E-state index < -0.39 is 0 Å². The van der Waals surface area contributed by atoms with Crippen LogP contribution in [0.4, 0.5) is 8.78 Å². The first kappa shape index (κ1) is 10.8. The molecule has 16 heavy (non-hydrogen) atoms. The summed E-state index contributed by atoms with van der Waals surface area (Å²) in [6.07, 6.45) is 1.24. The zero-order chi connectivity index (χ0) is 11.4. The van der Waals surface area contributed by atoms with E-state index in [0.29, 0.717) is 12.0 Å². The molecule has 2 aromatic rings. The van der Waals surface area contributed by atoms with E-state index in [9.17, 15) is 8.78 Å². The van der Waals surface area contributed by atoms with Crippen molar-refractivity contribution in [3.63, 3.8) is 0 Å². The minimum Gasteiger partial charge on any atom is -0.207 e. The molecule has 0 saturated carbocycles. The van der Waals surface area contributed by atoms with Gasteiger partial charge in [-0.3, -0.25) is 0 Å². The summed E-state index contributed by atoms with van der Waals surface area (Å²) in [7, 11) is 0. The van der Waals surface area contributed by atoms with Crippen LogP contribution in [-0.4, -0.2) is 0 Å². The first-order valence-electron chi connectivity index (χ1n) is 5.23. The number of aryl methyl sites for hydroxylation is 2. The van der Waals surface area contributed by atoms with Crippen LogP contribution in [0.2, 0.25) is 0 Å². The molecule has 0 aliphatic carbocycles. The zero-order valence-electron chi connectivity index (χ0n) is 8.79. The van der Waals surface area contributed by atoms with Gasteiger partial charge < -0.3 is 0 Å². The van der Waals surface area contributed by atoms with Gasteiger partial charge in [-0.15, -0.1) is 0 Å². The van der Waals surface area contributed by atoms with Crippen molar-refractivity contribution in [2.45, 2.75) is 12.8 Å². The summed E-state index contributed by atoms with van der Waals surface area (Å²) in [5, 5.41) is 0. The molecule has 0 aliphatic heterocycles. The summed E-state index contributed by atoms with van der Waals surface area (Å²) in [6, 6.07) is 13.4. The molecule has 0 fully saturated rings. The molecule has 0 nitrogen and oxygen atoms in total. The number of hydrogen-bond donors (Lipinski definition) is 0. The fraction of sp³-hybridized carbons (Fsp3) is 0.143. The zero-order valence-corrected chi connectivity index (χ0v) is 8.79. The molecule has 2 heteroatoms. The monoisotopic (exact) mass is 218 g/mol. The molecule has 0 N–H and O–H groups in total. The third-order valence-corrected chi connectivity index (χ3v) is 2.53. The second-order valence-electron chi connectivity index (χ2n) is 3.72. The Hall–Kier alpha value is -1.70. The Labute approximate surface area is 93.5 Å². The maximum absolute atomic E-state index is 13.3. The van der Waals surface area contributed by atoms with Crippen molar-refractivity contribution in [1.82, 2.24) is 0 Å². The molecular formula is C14H12F2. The smallest absolute Gasteiger partial charge is 0.126 e. The highest BCUT2D eigenvalue weighted by molar-refractivity contribution is 5.22. The predicted octanol–water partition coefficient (Wildman–Crippen LogP) is 3.75. The molecule has 82 valence electrons. The van der Waals surface area contributed by atoms with Gasteiger partial charge in [-0.05, 0) is 42.2 Å². The van der Waals surface area contributed by atoms with E-state index in [1.165, 1.54) is 12.1 Å². The van der Waals surface area contributed by atoms with E-state index >= 15 is 0 Å². The van der Waals surface area contributed by atoms with Crippen molar-refractivity contribution in [1.29, 1.82) is 0 Å². The third-order valence-electron chi connectivity index (χ3n) is 2.53. The average Bonchev–Trinajstić information content (AvgIpc) is 2.32. The molecule has 0 amide bonds. The Morgan fingerprint density at radius 3 is 2.31 bits per heavy atom. The molecule has 2 aromatic carbocycles. The average molecular weight is 218 g/mol. The largest absolute Gasteiger partial charge is 0.207 e. The van der Waals surface area contributed by atoms with Gasteiger partial charge in [-0.1, -0.05) is 30.3 Å². The van der Waals surface area contributed by atoms with Gasteiger partial charge in [0.15, 0.2) is 0 Å². The van der Waals surface area contributed by atoms with E-state index in [2.05, 4.69) is 0 Å². The van der Waals surface area contributed by atoms with Crippen LogP contribution in [0.15, 0.2) is 48.5 Å². The van der Waals surface area contributed by atoms with E-state index in [1.54, 1.807) is 0 Å². The number of rotatable bonds is 3. The van der Waals surface area contributed by atoms with Crippen LogP contribution in [0.1, 0.15) is 11.1 Å². The molecule has 0 unspecified atom stereocenters. The van der Waals surface area contributed by atoms with Gasteiger partial charge in [-0.25, -0.2) is 8.78 Å². The van der Waals surface area contributed by atoms with Crippen LogP contribution < -0.4 is 0 Å². The van der Waals surface area contributed by atoms with Crippen molar-refractivity contribution >= 4 is 0 Å². The SMILES string of the molecule is Fc1ccc(F)c(CCc2ccccc2)c1. The van der Waals surface area contributed by atoms with Crippen LogP contribution in [0.5, 0.6) is 0 Å². The maximum atomic E-state index is 13.3. The standard InChI is InChI=1S/C14H12F2/c15-13-8-9-14(16)12(10-13)7-6-11-4-2-1-3-5-11/h1-5,8-10H,6-7H2. The fourth-order valence-electron chi connectivity index (χ4n) is 1.66. The van der Waals surface area contributed by atoms with Gasteiger partial charge in [0.1, 0.15) is 11.6 Å². The highest BCUT2D eigenvalue weighted by Crippen LogP contribution is 2.12. The van der Waals surface area contributed by atoms with Crippen LogP contribution in [0, 0.1) is 11.6 Å². The van der Waals surface area contributed by atoms with Crippen LogP contribution in [0.3, 0.4) is 0 Å². The first-order chi connectivity index (χ1) is 7.75. The predicted molar refractivity (Wildman–Crippen MR) is 60.2 cm³/mol. The first-order valence-corrected chi connectivity index (χ1v) is 5.23. The Kier molecular flexibility index (Phi) is 3.30. The van der Waals surface area contributed by atoms with Crippen molar-refractivity contribution < 1.29 is 8.78 Å². The lowest BCUT2D eigenvalue weighted by molar-refractivity contribution is 0.584. The quantitative estimate of drug-likeness (QED) is 0.736. The molecule has 0 radical (unpaired) electrons. The van der Waals surface area contributed by atoms with Gasteiger partial charge in [0.25, 0.3) is 0 Å². The maximum Gasteiger partial charge on any atom is 0.126 e. The number of halogens is 2. The summed E-state index contributed by atoms with van der Waals surface area (Å²) >= 11 is 0. The molecule has 0 saturated heterocycles. The minimum absolute atomic E-state index is 0.336. The van der Waals surface area contributed by atoms with Crippen LogP contribution in [0.25, 0.3) is 0 Å². The Balaban J connectivity index is 2.08. The highest BCUT2D eigenvalue weighted by atomic mass is 19.1. The number of hydrogen-bond acceptors (Lipinski definition) is 0. The molecule has 0 aliphatic rings. The molecule has 0 atom stereocenters. The molecular weight excluding hydrogens is 206 g/mol. The van der Waals surface area contributed by atoms with Crippen molar-refractivity contribution in [2.75, 3.05) is 0 Å². The molecule has 2 rings (SSSR count). The molecule has 0 aromatic heterocycles. The molecule has 0 bridgehead atoms. The van der Waals surface area contributed by atoms with Crippen LogP contribution in [-0.2, 0) is 12.8 Å². The Morgan fingerprint density at radius 1 is 0.812 bits per heavy atom. The van der Waals surface area contributed by atoms with Gasteiger partial charge in [-0.2, -0.15) is 0 Å². The van der Waals surface area contributed by atoms with E-state index in [1.807, 2.05) is 30.3 Å². The lowest BCUT2D eigenvalue weighted by atomic mass is 10.0. The second-order valence-corrected chi connectivity index (χ2v) is 3.72. The molecule has 0 heterocycles. The number of benzene rings is 2. The summed E-state index contributed by atoms with van der Waals surface area (Å²) < 4.78 is 26.2. The topological polar surface area (TPSA) is 0 Å². The van der Waals surface area contributed by atoms with Crippen molar-refractivity contribution in [3.8, 4) is 0 Å². The van der Waals surface area contributed by atoms with Gasteiger partial charge in [0.05, 0.1) is 0 Å². The normalized spacial score (nSPS) is 10.4. The molecule has 0 spiro atoms. The minimum atomic E-state index is -0.385. The van der Waals surface area contributed by atoms with E-state index in [0.717, 1.165) is 18.1 Å². The summed E-state index contributed by atoms with van der Waals surface area (Å²) in [6.45, 7) is 0. The van der Waals surface area contributed by atoms with Crippen molar-refractivity contribution in [3.05, 3.63) is 71.3 Å². The summed E-state index contributed by atoms with van der Waals surface area (Å²) in [5.41, 5.74) is 1.56. The summed E-state index contributed by atoms with van der Waals surface area (Å²) in [4.78, 5) is 0. The van der Waals surface area contributed by atoms with Crippen molar-refractivity contribution in [2.24, 2.45) is 0 Å². The Bertz CT molecular complexity index is 463. The van der Waals surface area contributed by atoms with E-state index in [-0.39, 0.29) is 11.6 Å². The lowest BCUT2D eigenvalue weighted by Crippen LogP contribution is -1.95. The third kappa shape index (κ3) is 2.66. The fourth-order valence-corrected chi connectivity index (χ4v) is 1.66. The van der Waals surface area contributed by atoms with Gasteiger partial charge >= 0.3 is 0 Å². The van der Waals surface area contributed by atoms with E-state index in [4.69, 9.17) is 0 Å². The lowest BCUT2D eigenvalue weighted by Gasteiger charge is -2.03. The van der Waals surface area contributed by atoms with Crippen LogP contribution >= 0.6 is 0 Å². The van der Waals surface area contributed by atoms with Gasteiger partial charge in [0, 0.05) is 0 Å². The highest BCUT2D eigenvalue weighted by Gasteiger charge is 2.03.